The van der Waals surface area contributed by atoms with Crippen LogP contribution in [0, 0.1) is 0 Å². The molecule has 0 saturated heterocycles. The van der Waals surface area contributed by atoms with Gasteiger partial charge in [-0.25, -0.2) is 0 Å². The molecule has 0 saturated carbocycles. The minimum absolute atomic E-state index is 0.0137. The molecule has 1 aromatic heterocycles. The largest absolute Gasteiger partial charge is 0.345 e. The van der Waals surface area contributed by atoms with Crippen LogP contribution in [0.4, 0.5) is 0 Å². The summed E-state index contributed by atoms with van der Waals surface area (Å²) in [6.07, 6.45) is 0. The van der Waals surface area contributed by atoms with E-state index in [0.29, 0.717) is 0 Å². The number of thiophene rings is 1. The third-order valence-corrected chi connectivity index (χ3v) is 4.06. The van der Waals surface area contributed by atoms with Crippen molar-refractivity contribution in [2.45, 2.75) is 13.0 Å². The smallest absolute Gasteiger partial charge is 0.261 e. The van der Waals surface area contributed by atoms with E-state index in [1.807, 2.05) is 48.7 Å². The van der Waals surface area contributed by atoms with Gasteiger partial charge in [-0.15, -0.1) is 11.3 Å². The molecule has 0 aliphatic carbocycles. The van der Waals surface area contributed by atoms with Gasteiger partial charge in [0.25, 0.3) is 5.91 Å². The van der Waals surface area contributed by atoms with Gasteiger partial charge in [-0.3, -0.25) is 4.79 Å². The van der Waals surface area contributed by atoms with Crippen molar-refractivity contribution >= 4 is 33.2 Å². The minimum Gasteiger partial charge on any atom is -0.345 e. The molecule has 1 atom stereocenters. The van der Waals surface area contributed by atoms with Crippen LogP contribution in [0.3, 0.4) is 0 Å². The van der Waals surface area contributed by atoms with E-state index in [-0.39, 0.29) is 11.9 Å². The first kappa shape index (κ1) is 12.3. The van der Waals surface area contributed by atoms with Crippen LogP contribution in [0.15, 0.2) is 46.3 Å². The van der Waals surface area contributed by atoms with Gasteiger partial charge in [0.2, 0.25) is 0 Å². The highest BCUT2D eigenvalue weighted by Crippen LogP contribution is 2.23. The zero-order valence-corrected chi connectivity index (χ0v) is 11.7. The van der Waals surface area contributed by atoms with Crippen LogP contribution in [-0.2, 0) is 0 Å². The summed E-state index contributed by atoms with van der Waals surface area (Å²) in [5, 5.41) is 4.88. The summed E-state index contributed by atoms with van der Waals surface area (Å²) < 4.78 is 1.01. The molecule has 0 spiro atoms. The summed E-state index contributed by atoms with van der Waals surface area (Å²) in [6, 6.07) is 11.6. The van der Waals surface area contributed by atoms with Crippen LogP contribution >= 0.6 is 27.3 Å². The molecule has 0 unspecified atom stereocenters. The summed E-state index contributed by atoms with van der Waals surface area (Å²) in [5.41, 5.74) is 1.08. The second-order valence-electron chi connectivity index (χ2n) is 3.69. The van der Waals surface area contributed by atoms with E-state index in [1.165, 1.54) is 11.3 Å². The Labute approximate surface area is 113 Å². The molecule has 1 aromatic carbocycles. The minimum atomic E-state index is -0.0248. The average molecular weight is 310 g/mol. The highest BCUT2D eigenvalue weighted by Gasteiger charge is 2.13. The standard InChI is InChI=1S/C13H12BrNOS/c1-9(10-5-2-3-6-11(10)14)15-13(16)12-7-4-8-17-12/h2-9H,1H3,(H,15,16)/t9-/m1/s1. The summed E-state index contributed by atoms with van der Waals surface area (Å²) in [4.78, 5) is 12.6. The van der Waals surface area contributed by atoms with Crippen LogP contribution in [0.2, 0.25) is 0 Å². The van der Waals surface area contributed by atoms with Crippen molar-refractivity contribution in [2.75, 3.05) is 0 Å². The van der Waals surface area contributed by atoms with Crippen molar-refractivity contribution in [2.24, 2.45) is 0 Å². The zero-order valence-electron chi connectivity index (χ0n) is 9.31. The van der Waals surface area contributed by atoms with Crippen LogP contribution in [-0.4, -0.2) is 5.91 Å². The summed E-state index contributed by atoms with van der Waals surface area (Å²) in [6.45, 7) is 1.98. The number of rotatable bonds is 3. The topological polar surface area (TPSA) is 29.1 Å². The Morgan fingerprint density at radius 3 is 2.71 bits per heavy atom. The van der Waals surface area contributed by atoms with Crippen LogP contribution in [0.1, 0.15) is 28.2 Å². The molecule has 0 bridgehead atoms. The predicted molar refractivity (Wildman–Crippen MR) is 74.3 cm³/mol. The van der Waals surface area contributed by atoms with Crippen molar-refractivity contribution < 1.29 is 4.79 Å². The van der Waals surface area contributed by atoms with Crippen molar-refractivity contribution in [1.82, 2.24) is 5.32 Å². The maximum atomic E-state index is 11.9. The normalized spacial score (nSPS) is 12.1. The maximum Gasteiger partial charge on any atom is 0.261 e. The Hall–Kier alpha value is -1.13. The molecule has 88 valence electrons. The van der Waals surface area contributed by atoms with E-state index in [1.54, 1.807) is 0 Å². The SMILES string of the molecule is C[C@@H](NC(=O)c1cccs1)c1ccccc1Br. The zero-order chi connectivity index (χ0) is 12.3. The second kappa shape index (κ2) is 5.47. The molecule has 2 nitrogen and oxygen atoms in total. The highest BCUT2D eigenvalue weighted by molar-refractivity contribution is 9.10. The van der Waals surface area contributed by atoms with Crippen molar-refractivity contribution in [3.8, 4) is 0 Å². The second-order valence-corrected chi connectivity index (χ2v) is 5.50. The molecular weight excluding hydrogens is 298 g/mol. The first-order valence-electron chi connectivity index (χ1n) is 5.27. The quantitative estimate of drug-likeness (QED) is 0.912. The molecule has 1 N–H and O–H groups in total. The Bertz CT molecular complexity index is 510. The third kappa shape index (κ3) is 2.96. The lowest BCUT2D eigenvalue weighted by Crippen LogP contribution is -2.26. The number of halogens is 1. The van der Waals surface area contributed by atoms with E-state index in [2.05, 4.69) is 21.2 Å². The summed E-state index contributed by atoms with van der Waals surface area (Å²) in [7, 11) is 0. The van der Waals surface area contributed by atoms with Gasteiger partial charge in [0.05, 0.1) is 10.9 Å². The Morgan fingerprint density at radius 1 is 1.29 bits per heavy atom. The number of amides is 1. The summed E-state index contributed by atoms with van der Waals surface area (Å²) >= 11 is 4.94. The molecule has 2 aromatic rings. The van der Waals surface area contributed by atoms with Crippen molar-refractivity contribution in [3.05, 3.63) is 56.7 Å². The molecule has 0 fully saturated rings. The lowest BCUT2D eigenvalue weighted by molar-refractivity contribution is 0.0944. The summed E-state index contributed by atoms with van der Waals surface area (Å²) in [5.74, 6) is -0.0248. The molecule has 17 heavy (non-hydrogen) atoms. The monoisotopic (exact) mass is 309 g/mol. The van der Waals surface area contributed by atoms with E-state index >= 15 is 0 Å². The van der Waals surface area contributed by atoms with Gasteiger partial charge in [0.15, 0.2) is 0 Å². The molecule has 4 heteroatoms. The average Bonchev–Trinajstić information content (AvgIpc) is 2.82. The van der Waals surface area contributed by atoms with Gasteiger partial charge in [-0.1, -0.05) is 40.2 Å². The van der Waals surface area contributed by atoms with Crippen LogP contribution < -0.4 is 5.32 Å². The number of hydrogen-bond acceptors (Lipinski definition) is 2. The van der Waals surface area contributed by atoms with Gasteiger partial charge in [-0.2, -0.15) is 0 Å². The first-order valence-corrected chi connectivity index (χ1v) is 6.94. The van der Waals surface area contributed by atoms with E-state index < -0.39 is 0 Å². The van der Waals surface area contributed by atoms with Crippen LogP contribution in [0.5, 0.6) is 0 Å². The number of carbonyl (C=O) groups excluding carboxylic acids is 1. The fraction of sp³-hybridized carbons (Fsp3) is 0.154. The maximum absolute atomic E-state index is 11.9. The van der Waals surface area contributed by atoms with Gasteiger partial charge >= 0.3 is 0 Å². The number of hydrogen-bond donors (Lipinski definition) is 1. The van der Waals surface area contributed by atoms with E-state index in [9.17, 15) is 4.79 Å². The van der Waals surface area contributed by atoms with Gasteiger partial charge in [-0.05, 0) is 30.0 Å². The lowest BCUT2D eigenvalue weighted by Gasteiger charge is -2.15. The molecular formula is C13H12BrNOS. The number of benzene rings is 1. The van der Waals surface area contributed by atoms with Gasteiger partial charge in [0.1, 0.15) is 0 Å². The lowest BCUT2D eigenvalue weighted by atomic mass is 10.1. The molecule has 1 heterocycles. The number of nitrogens with one attached hydrogen (secondary N) is 1. The van der Waals surface area contributed by atoms with Gasteiger partial charge in [0, 0.05) is 4.47 Å². The first-order chi connectivity index (χ1) is 8.18. The van der Waals surface area contributed by atoms with Crippen molar-refractivity contribution in [1.29, 1.82) is 0 Å². The Kier molecular flexibility index (Phi) is 3.97. The Morgan fingerprint density at radius 2 is 2.06 bits per heavy atom. The van der Waals surface area contributed by atoms with E-state index in [4.69, 9.17) is 0 Å². The molecule has 0 radical (unpaired) electrons. The predicted octanol–water partition coefficient (Wildman–Crippen LogP) is 4.00. The van der Waals surface area contributed by atoms with Gasteiger partial charge < -0.3 is 5.32 Å². The number of carbonyl (C=O) groups is 1. The van der Waals surface area contributed by atoms with Crippen molar-refractivity contribution in [3.63, 3.8) is 0 Å². The van der Waals surface area contributed by atoms with E-state index in [0.717, 1.165) is 14.9 Å². The Balaban J connectivity index is 2.10. The van der Waals surface area contributed by atoms with Crippen LogP contribution in [0.25, 0.3) is 0 Å². The molecule has 1 amide bonds. The highest BCUT2D eigenvalue weighted by atomic mass is 79.9. The fourth-order valence-electron chi connectivity index (χ4n) is 1.58. The molecule has 0 aliphatic heterocycles. The third-order valence-electron chi connectivity index (χ3n) is 2.46. The molecule has 2 rings (SSSR count). The molecule has 0 aliphatic rings. The fourth-order valence-corrected chi connectivity index (χ4v) is 2.83.